The minimum Gasteiger partial charge on any atom is -0.339 e. The van der Waals surface area contributed by atoms with Crippen LogP contribution in [0, 0.1) is 0 Å². The van der Waals surface area contributed by atoms with Crippen LogP contribution in [0.25, 0.3) is 0 Å². The van der Waals surface area contributed by atoms with Crippen molar-refractivity contribution in [3.63, 3.8) is 0 Å². The molecule has 0 aliphatic heterocycles. The molecule has 1 unspecified atom stereocenters. The molecule has 1 N–H and O–H groups in total. The summed E-state index contributed by atoms with van der Waals surface area (Å²) in [4.78, 5) is 14.6. The van der Waals surface area contributed by atoms with Gasteiger partial charge in [-0.2, -0.15) is 0 Å². The Bertz CT molecular complexity index is 749. The fourth-order valence-corrected chi connectivity index (χ4v) is 4.11. The maximum absolute atomic E-state index is 12.7. The van der Waals surface area contributed by atoms with Crippen molar-refractivity contribution in [2.75, 3.05) is 14.1 Å². The van der Waals surface area contributed by atoms with E-state index in [1.54, 1.807) is 24.3 Å². The summed E-state index contributed by atoms with van der Waals surface area (Å²) in [5.74, 6) is 0.680. The van der Waals surface area contributed by atoms with Crippen molar-refractivity contribution < 1.29 is 4.79 Å². The van der Waals surface area contributed by atoms with Crippen molar-refractivity contribution in [1.29, 1.82) is 0 Å². The Morgan fingerprint density at radius 3 is 2.19 bits per heavy atom. The first-order valence-electron chi connectivity index (χ1n) is 9.79. The third kappa shape index (κ3) is 4.72. The SMILES string of the molecule is CNC(C)c1ccc(C2CCC(N(C)C(=O)c3ccc(Cl)cc3)CC2)cc1. The molecule has 4 heteroatoms. The van der Waals surface area contributed by atoms with Gasteiger partial charge in [0.1, 0.15) is 0 Å². The van der Waals surface area contributed by atoms with Gasteiger partial charge in [-0.05, 0) is 81.0 Å². The zero-order chi connectivity index (χ0) is 19.4. The molecule has 3 nitrogen and oxygen atoms in total. The molecule has 1 aliphatic carbocycles. The molecule has 27 heavy (non-hydrogen) atoms. The highest BCUT2D eigenvalue weighted by atomic mass is 35.5. The average Bonchev–Trinajstić information content (AvgIpc) is 2.73. The van der Waals surface area contributed by atoms with E-state index in [0.717, 1.165) is 25.7 Å². The van der Waals surface area contributed by atoms with Gasteiger partial charge in [0.2, 0.25) is 0 Å². The van der Waals surface area contributed by atoms with E-state index in [9.17, 15) is 4.79 Å². The van der Waals surface area contributed by atoms with E-state index < -0.39 is 0 Å². The molecule has 0 saturated heterocycles. The van der Waals surface area contributed by atoms with E-state index in [0.29, 0.717) is 28.6 Å². The third-order valence-corrected chi connectivity index (χ3v) is 6.25. The van der Waals surface area contributed by atoms with Gasteiger partial charge in [0, 0.05) is 29.7 Å². The lowest BCUT2D eigenvalue weighted by Crippen LogP contribution is -2.39. The van der Waals surface area contributed by atoms with Gasteiger partial charge in [0.15, 0.2) is 0 Å². The summed E-state index contributed by atoms with van der Waals surface area (Å²) in [6, 6.07) is 16.9. The van der Waals surface area contributed by atoms with E-state index in [2.05, 4.69) is 36.5 Å². The van der Waals surface area contributed by atoms with Crippen LogP contribution in [0.1, 0.15) is 66.1 Å². The van der Waals surface area contributed by atoms with Crippen molar-refractivity contribution in [1.82, 2.24) is 10.2 Å². The first kappa shape index (κ1) is 19.9. The molecular formula is C23H29ClN2O. The lowest BCUT2D eigenvalue weighted by Gasteiger charge is -2.35. The second kappa shape index (κ2) is 8.90. The number of carbonyl (C=O) groups excluding carboxylic acids is 1. The van der Waals surface area contributed by atoms with Crippen molar-refractivity contribution in [3.05, 3.63) is 70.2 Å². The number of hydrogen-bond donors (Lipinski definition) is 1. The number of benzene rings is 2. The van der Waals surface area contributed by atoms with Gasteiger partial charge >= 0.3 is 0 Å². The van der Waals surface area contributed by atoms with Crippen molar-refractivity contribution in [2.45, 2.75) is 50.6 Å². The van der Waals surface area contributed by atoms with Crippen molar-refractivity contribution >= 4 is 17.5 Å². The molecule has 0 heterocycles. The first-order chi connectivity index (χ1) is 13.0. The summed E-state index contributed by atoms with van der Waals surface area (Å²) >= 11 is 5.93. The Morgan fingerprint density at radius 2 is 1.63 bits per heavy atom. The molecule has 3 rings (SSSR count). The van der Waals surface area contributed by atoms with Crippen LogP contribution in [0.4, 0.5) is 0 Å². The predicted octanol–water partition coefficient (Wildman–Crippen LogP) is 5.42. The molecule has 1 saturated carbocycles. The predicted molar refractivity (Wildman–Crippen MR) is 112 cm³/mol. The van der Waals surface area contributed by atoms with Crippen LogP contribution in [0.2, 0.25) is 5.02 Å². The molecule has 0 aromatic heterocycles. The zero-order valence-electron chi connectivity index (χ0n) is 16.4. The quantitative estimate of drug-likeness (QED) is 0.746. The Balaban J connectivity index is 1.58. The smallest absolute Gasteiger partial charge is 0.253 e. The topological polar surface area (TPSA) is 32.3 Å². The van der Waals surface area contributed by atoms with Gasteiger partial charge in [-0.1, -0.05) is 35.9 Å². The monoisotopic (exact) mass is 384 g/mol. The lowest BCUT2D eigenvalue weighted by atomic mass is 9.81. The van der Waals surface area contributed by atoms with Crippen LogP contribution in [0.15, 0.2) is 48.5 Å². The van der Waals surface area contributed by atoms with E-state index in [4.69, 9.17) is 11.6 Å². The highest BCUT2D eigenvalue weighted by Gasteiger charge is 2.27. The number of nitrogens with one attached hydrogen (secondary N) is 1. The molecule has 1 atom stereocenters. The van der Waals surface area contributed by atoms with Gasteiger partial charge in [0.05, 0.1) is 0 Å². The van der Waals surface area contributed by atoms with Gasteiger partial charge < -0.3 is 10.2 Å². The molecule has 1 amide bonds. The van der Waals surface area contributed by atoms with Crippen molar-refractivity contribution in [2.24, 2.45) is 0 Å². The lowest BCUT2D eigenvalue weighted by molar-refractivity contribution is 0.0689. The van der Waals surface area contributed by atoms with E-state index in [-0.39, 0.29) is 5.91 Å². The molecule has 144 valence electrons. The molecule has 1 fully saturated rings. The second-order valence-corrected chi connectivity index (χ2v) is 8.04. The Kier molecular flexibility index (Phi) is 6.56. The largest absolute Gasteiger partial charge is 0.339 e. The number of halogens is 1. The van der Waals surface area contributed by atoms with Crippen molar-refractivity contribution in [3.8, 4) is 0 Å². The number of rotatable bonds is 5. The Hall–Kier alpha value is -1.84. The fraction of sp³-hybridized carbons (Fsp3) is 0.435. The second-order valence-electron chi connectivity index (χ2n) is 7.61. The normalized spacial score (nSPS) is 20.9. The van der Waals surface area contributed by atoms with Crippen LogP contribution < -0.4 is 5.32 Å². The van der Waals surface area contributed by atoms with Crippen LogP contribution in [-0.2, 0) is 0 Å². The Labute approximate surface area is 167 Å². The molecule has 2 aromatic carbocycles. The molecule has 0 radical (unpaired) electrons. The molecule has 0 bridgehead atoms. The zero-order valence-corrected chi connectivity index (χ0v) is 17.2. The average molecular weight is 385 g/mol. The number of carbonyl (C=O) groups is 1. The number of amides is 1. The van der Waals surface area contributed by atoms with Gasteiger partial charge in [-0.15, -0.1) is 0 Å². The minimum atomic E-state index is 0.0838. The summed E-state index contributed by atoms with van der Waals surface area (Å²) in [5, 5.41) is 3.94. The maximum Gasteiger partial charge on any atom is 0.253 e. The van der Waals surface area contributed by atoms with Gasteiger partial charge in [-0.3, -0.25) is 4.79 Å². The summed E-state index contributed by atoms with van der Waals surface area (Å²) < 4.78 is 0. The highest BCUT2D eigenvalue weighted by molar-refractivity contribution is 6.30. The van der Waals surface area contributed by atoms with Gasteiger partial charge in [0.25, 0.3) is 5.91 Å². The Morgan fingerprint density at radius 1 is 1.04 bits per heavy atom. The van der Waals surface area contributed by atoms with Crippen LogP contribution in [0.5, 0.6) is 0 Å². The van der Waals surface area contributed by atoms with E-state index in [1.807, 2.05) is 19.0 Å². The number of nitrogens with zero attached hydrogens (tertiary/aromatic N) is 1. The standard InChI is InChI=1S/C23H29ClN2O/c1-16(25-2)17-4-6-18(7-5-17)19-10-14-22(15-11-19)26(3)23(27)20-8-12-21(24)13-9-20/h4-9,12-13,16,19,22,25H,10-11,14-15H2,1-3H3. The maximum atomic E-state index is 12.7. The number of hydrogen-bond acceptors (Lipinski definition) is 2. The summed E-state index contributed by atoms with van der Waals surface area (Å²) in [7, 11) is 3.91. The molecule has 0 spiro atoms. The van der Waals surface area contributed by atoms with Crippen LogP contribution >= 0.6 is 11.6 Å². The third-order valence-electron chi connectivity index (χ3n) is 6.00. The molecule has 1 aliphatic rings. The van der Waals surface area contributed by atoms with E-state index >= 15 is 0 Å². The molecular weight excluding hydrogens is 356 g/mol. The highest BCUT2D eigenvalue weighted by Crippen LogP contribution is 2.35. The summed E-state index contributed by atoms with van der Waals surface area (Å²) in [5.41, 5.74) is 3.45. The fourth-order valence-electron chi connectivity index (χ4n) is 3.98. The first-order valence-corrected chi connectivity index (χ1v) is 10.2. The summed E-state index contributed by atoms with van der Waals surface area (Å²) in [6.07, 6.45) is 4.36. The van der Waals surface area contributed by atoms with Crippen LogP contribution in [-0.4, -0.2) is 30.9 Å². The minimum absolute atomic E-state index is 0.0838. The molecule has 2 aromatic rings. The van der Waals surface area contributed by atoms with Gasteiger partial charge in [-0.25, -0.2) is 0 Å². The van der Waals surface area contributed by atoms with E-state index in [1.165, 1.54) is 11.1 Å². The summed E-state index contributed by atoms with van der Waals surface area (Å²) in [6.45, 7) is 2.17. The van der Waals surface area contributed by atoms with Crippen LogP contribution in [0.3, 0.4) is 0 Å².